The zero-order chi connectivity index (χ0) is 10.3. The monoisotopic (exact) mass is 197 g/mol. The van der Waals surface area contributed by atoms with Crippen LogP contribution >= 0.6 is 0 Å². The lowest BCUT2D eigenvalue weighted by atomic mass is 9.66. The second-order valence-corrected chi connectivity index (χ2v) is 5.47. The molecule has 82 valence electrons. The van der Waals surface area contributed by atoms with Crippen molar-refractivity contribution in [3.8, 4) is 0 Å². The van der Waals surface area contributed by atoms with E-state index < -0.39 is 0 Å². The maximum absolute atomic E-state index is 10.1. The summed E-state index contributed by atoms with van der Waals surface area (Å²) in [6, 6.07) is 0.532. The Kier molecular flexibility index (Phi) is 2.61. The molecule has 0 bridgehead atoms. The van der Waals surface area contributed by atoms with Crippen molar-refractivity contribution in [1.29, 1.82) is 0 Å². The molecule has 0 aromatic carbocycles. The number of nitrogens with zero attached hydrogens (tertiary/aromatic N) is 1. The highest BCUT2D eigenvalue weighted by Crippen LogP contribution is 2.44. The van der Waals surface area contributed by atoms with Gasteiger partial charge in [0.25, 0.3) is 0 Å². The Labute approximate surface area is 87.3 Å². The predicted molar refractivity (Wildman–Crippen MR) is 58.2 cm³/mol. The van der Waals surface area contributed by atoms with Crippen LogP contribution in [0.4, 0.5) is 0 Å². The van der Waals surface area contributed by atoms with Gasteiger partial charge in [-0.2, -0.15) is 0 Å². The average molecular weight is 197 g/mol. The normalized spacial score (nSPS) is 50.1. The van der Waals surface area contributed by atoms with Crippen molar-refractivity contribution in [3.63, 3.8) is 0 Å². The van der Waals surface area contributed by atoms with Crippen LogP contribution in [0.5, 0.6) is 0 Å². The third-order valence-electron chi connectivity index (χ3n) is 4.76. The van der Waals surface area contributed by atoms with E-state index in [-0.39, 0.29) is 11.6 Å². The topological polar surface area (TPSA) is 23.5 Å². The predicted octanol–water partition coefficient (Wildman–Crippen LogP) is 2.02. The molecule has 1 saturated heterocycles. The third-order valence-corrected chi connectivity index (χ3v) is 4.76. The molecule has 4 atom stereocenters. The van der Waals surface area contributed by atoms with E-state index in [2.05, 4.69) is 25.8 Å². The molecule has 0 radical (unpaired) electrons. The summed E-state index contributed by atoms with van der Waals surface area (Å²) in [5, 5.41) is 10.1. The van der Waals surface area contributed by atoms with E-state index >= 15 is 0 Å². The van der Waals surface area contributed by atoms with E-state index in [1.54, 1.807) is 0 Å². The van der Waals surface area contributed by atoms with Gasteiger partial charge in [-0.15, -0.1) is 0 Å². The molecule has 14 heavy (non-hydrogen) atoms. The van der Waals surface area contributed by atoms with E-state index in [4.69, 9.17) is 0 Å². The fraction of sp³-hybridized carbons (Fsp3) is 1.00. The van der Waals surface area contributed by atoms with Crippen molar-refractivity contribution < 1.29 is 5.11 Å². The van der Waals surface area contributed by atoms with Crippen LogP contribution in [-0.4, -0.2) is 34.7 Å². The minimum atomic E-state index is -0.0634. The Balaban J connectivity index is 2.24. The Hall–Kier alpha value is -0.0800. The van der Waals surface area contributed by atoms with Gasteiger partial charge in [0.1, 0.15) is 0 Å². The summed E-state index contributed by atoms with van der Waals surface area (Å²) in [6.07, 6.45) is 6.00. The van der Waals surface area contributed by atoms with Crippen LogP contribution in [0.15, 0.2) is 0 Å². The van der Waals surface area contributed by atoms with Crippen molar-refractivity contribution in [2.45, 2.75) is 63.6 Å². The molecule has 1 N–H and O–H groups in total. The van der Waals surface area contributed by atoms with Gasteiger partial charge < -0.3 is 5.11 Å². The summed E-state index contributed by atoms with van der Waals surface area (Å²) in [4.78, 5) is 2.50. The highest BCUT2D eigenvalue weighted by atomic mass is 16.3. The van der Waals surface area contributed by atoms with Gasteiger partial charge in [-0.1, -0.05) is 12.8 Å². The van der Waals surface area contributed by atoms with E-state index in [1.807, 2.05) is 0 Å². The molecule has 2 aliphatic rings. The first-order valence-corrected chi connectivity index (χ1v) is 5.96. The number of aliphatic hydroxyl groups is 1. The van der Waals surface area contributed by atoms with Crippen LogP contribution in [0.25, 0.3) is 0 Å². The summed E-state index contributed by atoms with van der Waals surface area (Å²) in [5.41, 5.74) is 0.259. The molecule has 1 saturated carbocycles. The molecule has 2 heteroatoms. The zero-order valence-corrected chi connectivity index (χ0v) is 9.66. The molecule has 2 rings (SSSR count). The fourth-order valence-corrected chi connectivity index (χ4v) is 3.56. The minimum Gasteiger partial charge on any atom is -0.393 e. The fourth-order valence-electron chi connectivity index (χ4n) is 3.56. The minimum absolute atomic E-state index is 0.0634. The Morgan fingerprint density at radius 2 is 2.07 bits per heavy atom. The van der Waals surface area contributed by atoms with Crippen molar-refractivity contribution >= 4 is 0 Å². The lowest BCUT2D eigenvalue weighted by Crippen LogP contribution is -2.62. The van der Waals surface area contributed by atoms with Crippen LogP contribution < -0.4 is 0 Å². The Morgan fingerprint density at radius 1 is 1.36 bits per heavy atom. The Bertz CT molecular complexity index is 218. The molecule has 1 aliphatic heterocycles. The molecular weight excluding hydrogens is 174 g/mol. The van der Waals surface area contributed by atoms with Gasteiger partial charge in [0.2, 0.25) is 0 Å². The zero-order valence-electron chi connectivity index (χ0n) is 9.66. The third kappa shape index (κ3) is 1.40. The number of piperidine rings is 1. The number of hydrogen-bond donors (Lipinski definition) is 1. The highest BCUT2D eigenvalue weighted by molar-refractivity contribution is 5.02. The van der Waals surface area contributed by atoms with Gasteiger partial charge in [0.15, 0.2) is 0 Å². The first-order valence-electron chi connectivity index (χ1n) is 5.96. The molecule has 0 aromatic rings. The van der Waals surface area contributed by atoms with Crippen molar-refractivity contribution in [1.82, 2.24) is 4.90 Å². The van der Waals surface area contributed by atoms with Gasteiger partial charge >= 0.3 is 0 Å². The molecule has 0 unspecified atom stereocenters. The van der Waals surface area contributed by atoms with E-state index in [1.165, 1.54) is 25.7 Å². The second kappa shape index (κ2) is 3.49. The number of hydrogen-bond acceptors (Lipinski definition) is 2. The molecule has 2 fully saturated rings. The van der Waals surface area contributed by atoms with Gasteiger partial charge in [0, 0.05) is 17.5 Å². The molecule has 0 spiro atoms. The first kappa shape index (κ1) is 10.4. The van der Waals surface area contributed by atoms with Gasteiger partial charge in [-0.3, -0.25) is 4.90 Å². The van der Waals surface area contributed by atoms with Crippen LogP contribution in [0.3, 0.4) is 0 Å². The lowest BCUT2D eigenvalue weighted by molar-refractivity contribution is -0.103. The number of fused-ring (bicyclic) bond motifs is 1. The van der Waals surface area contributed by atoms with Crippen molar-refractivity contribution in [2.75, 3.05) is 7.05 Å². The number of likely N-dealkylation sites (tertiary alicyclic amines) is 1. The SMILES string of the molecule is C[C@@H]1C[C@@H](O)[C@H]2CCCC[C@]2(C)N1C. The highest BCUT2D eigenvalue weighted by Gasteiger charge is 2.48. The number of aliphatic hydroxyl groups excluding tert-OH is 1. The largest absolute Gasteiger partial charge is 0.393 e. The summed E-state index contributed by atoms with van der Waals surface area (Å²) < 4.78 is 0. The van der Waals surface area contributed by atoms with Gasteiger partial charge in [0.05, 0.1) is 6.10 Å². The summed E-state index contributed by atoms with van der Waals surface area (Å²) >= 11 is 0. The molecule has 1 heterocycles. The van der Waals surface area contributed by atoms with Gasteiger partial charge in [-0.05, 0) is 40.2 Å². The van der Waals surface area contributed by atoms with Crippen molar-refractivity contribution in [2.24, 2.45) is 5.92 Å². The maximum atomic E-state index is 10.1. The summed E-state index contributed by atoms with van der Waals surface area (Å²) in [5.74, 6) is 0.512. The molecule has 0 aromatic heterocycles. The second-order valence-electron chi connectivity index (χ2n) is 5.47. The van der Waals surface area contributed by atoms with Crippen LogP contribution in [0, 0.1) is 5.92 Å². The molecular formula is C12H23NO. The van der Waals surface area contributed by atoms with Crippen LogP contribution in [0.1, 0.15) is 46.0 Å². The lowest BCUT2D eigenvalue weighted by Gasteiger charge is -2.56. The number of rotatable bonds is 0. The first-order chi connectivity index (χ1) is 6.55. The van der Waals surface area contributed by atoms with E-state index in [9.17, 15) is 5.11 Å². The maximum Gasteiger partial charge on any atom is 0.0600 e. The molecule has 1 aliphatic carbocycles. The van der Waals surface area contributed by atoms with Crippen LogP contribution in [-0.2, 0) is 0 Å². The smallest absolute Gasteiger partial charge is 0.0600 e. The van der Waals surface area contributed by atoms with E-state index in [0.29, 0.717) is 12.0 Å². The quantitative estimate of drug-likeness (QED) is 0.642. The van der Waals surface area contributed by atoms with Crippen molar-refractivity contribution in [3.05, 3.63) is 0 Å². The Morgan fingerprint density at radius 3 is 2.79 bits per heavy atom. The van der Waals surface area contributed by atoms with Gasteiger partial charge in [-0.25, -0.2) is 0 Å². The standard InChI is InChI=1S/C12H23NO/c1-9-8-11(14)10-6-4-5-7-12(10,2)13(9)3/h9-11,14H,4-8H2,1-3H3/t9-,10-,11-,12+/m1/s1. The summed E-state index contributed by atoms with van der Waals surface area (Å²) in [6.45, 7) is 4.58. The average Bonchev–Trinajstić information content (AvgIpc) is 2.15. The molecule has 2 nitrogen and oxygen atoms in total. The van der Waals surface area contributed by atoms with E-state index in [0.717, 1.165) is 6.42 Å². The molecule has 0 amide bonds. The summed E-state index contributed by atoms with van der Waals surface area (Å²) in [7, 11) is 2.23. The van der Waals surface area contributed by atoms with Crippen LogP contribution in [0.2, 0.25) is 0 Å².